The second-order valence-corrected chi connectivity index (χ2v) is 2.18. The predicted octanol–water partition coefficient (Wildman–Crippen LogP) is 0.397. The summed E-state index contributed by atoms with van der Waals surface area (Å²) in [7, 11) is 0. The van der Waals surface area contributed by atoms with E-state index in [1.807, 2.05) is 0 Å². The molecule has 0 aromatic carbocycles. The first-order valence-corrected chi connectivity index (χ1v) is 3.31. The van der Waals surface area contributed by atoms with Gasteiger partial charge in [-0.25, -0.2) is 0 Å². The van der Waals surface area contributed by atoms with E-state index in [9.17, 15) is 14.4 Å². The molecule has 0 saturated heterocycles. The van der Waals surface area contributed by atoms with Gasteiger partial charge in [0, 0.05) is 26.5 Å². The van der Waals surface area contributed by atoms with Crippen LogP contribution in [-0.2, 0) is 34.5 Å². The van der Waals surface area contributed by atoms with Crippen molar-refractivity contribution in [2.45, 2.75) is 26.2 Å². The van der Waals surface area contributed by atoms with Crippen molar-refractivity contribution < 1.29 is 39.6 Å². The van der Waals surface area contributed by atoms with Crippen molar-refractivity contribution in [2.24, 2.45) is 0 Å². The fourth-order valence-electron chi connectivity index (χ4n) is 0.576. The van der Waals surface area contributed by atoms with Gasteiger partial charge in [0.25, 0.3) is 0 Å². The van der Waals surface area contributed by atoms with Crippen LogP contribution >= 0.6 is 0 Å². The van der Waals surface area contributed by atoms with Crippen LogP contribution in [-0.4, -0.2) is 22.6 Å². The van der Waals surface area contributed by atoms with Crippen molar-refractivity contribution >= 4 is 17.5 Å². The van der Waals surface area contributed by atoms with Gasteiger partial charge in [-0.05, 0) is 0 Å². The van der Waals surface area contributed by atoms with Gasteiger partial charge in [-0.3, -0.25) is 14.4 Å². The van der Waals surface area contributed by atoms with Gasteiger partial charge in [0.2, 0.25) is 0 Å². The van der Waals surface area contributed by atoms with Gasteiger partial charge in [0.15, 0.2) is 5.78 Å². The summed E-state index contributed by atoms with van der Waals surface area (Å²) >= 11 is 0. The first-order valence-electron chi connectivity index (χ1n) is 3.31. The number of carboxylic acid groups (broad SMARTS) is 1. The summed E-state index contributed by atoms with van der Waals surface area (Å²) in [6, 6.07) is 0. The van der Waals surface area contributed by atoms with Crippen LogP contribution in [0.4, 0.5) is 0 Å². The van der Waals surface area contributed by atoms with Gasteiger partial charge >= 0.3 is 5.97 Å². The molecular weight excluding hydrogens is 340 g/mol. The van der Waals surface area contributed by atoms with Gasteiger partial charge in [-0.1, -0.05) is 6.92 Å². The van der Waals surface area contributed by atoms with E-state index >= 15 is 0 Å². The molecule has 0 unspecified atom stereocenters. The summed E-state index contributed by atoms with van der Waals surface area (Å²) in [6.45, 7) is 1.64. The molecule has 1 N–H and O–H groups in total. The molecule has 0 fully saturated rings. The van der Waals surface area contributed by atoms with Crippen molar-refractivity contribution in [1.29, 1.82) is 0 Å². The Labute approximate surface area is 83.7 Å². The van der Waals surface area contributed by atoms with E-state index in [2.05, 4.69) is 0 Å². The Kier molecular flexibility index (Phi) is 8.32. The molecule has 0 aromatic rings. The topological polar surface area (TPSA) is 71.4 Å². The Hall–Kier alpha value is -0.541. The summed E-state index contributed by atoms with van der Waals surface area (Å²) in [6.07, 6.45) is -0.514. The molecule has 0 atom stereocenters. The van der Waals surface area contributed by atoms with Gasteiger partial charge in [-0.2, -0.15) is 0 Å². The van der Waals surface area contributed by atoms with Gasteiger partial charge < -0.3 is 5.11 Å². The summed E-state index contributed by atoms with van der Waals surface area (Å²) in [4.78, 5) is 31.2. The van der Waals surface area contributed by atoms with Crippen LogP contribution < -0.4 is 0 Å². The molecule has 0 aromatic heterocycles. The zero-order chi connectivity index (χ0) is 8.85. The summed E-state index contributed by atoms with van der Waals surface area (Å²) in [5, 5.41) is 8.14. The molecule has 1 radical (unpaired) electrons. The van der Waals surface area contributed by atoms with E-state index < -0.39 is 18.2 Å². The molecule has 0 rings (SSSR count). The molecule has 0 amide bonds. The normalized spacial score (nSPS) is 8.42. The minimum atomic E-state index is -1.18. The molecule has 0 spiro atoms. The summed E-state index contributed by atoms with van der Waals surface area (Å²) in [5.41, 5.74) is 0. The zero-order valence-corrected chi connectivity index (χ0v) is 9.02. The maximum atomic E-state index is 10.6. The average molecular weight is 350 g/mol. The van der Waals surface area contributed by atoms with E-state index in [0.29, 0.717) is 0 Å². The van der Waals surface area contributed by atoms with Crippen LogP contribution in [0.15, 0.2) is 0 Å². The first-order chi connectivity index (χ1) is 5.06. The van der Waals surface area contributed by atoms with Gasteiger partial charge in [0.05, 0.1) is 6.42 Å². The second-order valence-electron chi connectivity index (χ2n) is 2.18. The fraction of sp³-hybridized carbons (Fsp3) is 0.571. The summed E-state index contributed by atoms with van der Waals surface area (Å²) in [5.74, 6) is -1.92. The minimum Gasteiger partial charge on any atom is -0.481 e. The molecule has 4 nitrogen and oxygen atoms in total. The molecule has 0 bridgehead atoms. The minimum absolute atomic E-state index is 0. The quantitative estimate of drug-likeness (QED) is 0.729. The van der Waals surface area contributed by atoms with Crippen LogP contribution in [0.1, 0.15) is 26.2 Å². The number of hydrogen-bond acceptors (Lipinski definition) is 3. The largest absolute Gasteiger partial charge is 0.481 e. The zero-order valence-electron chi connectivity index (χ0n) is 6.63. The van der Waals surface area contributed by atoms with Crippen LogP contribution in [0.3, 0.4) is 0 Å². The Morgan fingerprint density at radius 2 is 1.58 bits per heavy atom. The number of carbonyl (C=O) groups is 3. The van der Waals surface area contributed by atoms with E-state index in [1.54, 1.807) is 6.92 Å². The standard InChI is InChI=1S/C7H10O4.Ir/c1-2-5(8)3-6(9)4-7(10)11;/h2-4H2,1H3,(H,10,11);. The van der Waals surface area contributed by atoms with E-state index in [0.717, 1.165) is 0 Å². The molecule has 0 aliphatic heterocycles. The Bertz CT molecular complexity index is 188. The number of rotatable bonds is 5. The average Bonchev–Trinajstić information content (AvgIpc) is 1.85. The smallest absolute Gasteiger partial charge is 0.310 e. The molecule has 71 valence electrons. The molecule has 12 heavy (non-hydrogen) atoms. The molecule has 0 saturated carbocycles. The third-order valence-corrected chi connectivity index (χ3v) is 1.14. The van der Waals surface area contributed by atoms with E-state index in [4.69, 9.17) is 5.11 Å². The molecule has 0 heterocycles. The number of Topliss-reactive ketones (excluding diaryl/α,β-unsaturated/α-hetero) is 2. The van der Waals surface area contributed by atoms with Gasteiger partial charge in [0.1, 0.15) is 12.2 Å². The van der Waals surface area contributed by atoms with Crippen molar-refractivity contribution in [3.05, 3.63) is 0 Å². The maximum absolute atomic E-state index is 10.6. The number of hydrogen-bond donors (Lipinski definition) is 1. The van der Waals surface area contributed by atoms with Gasteiger partial charge in [-0.15, -0.1) is 0 Å². The summed E-state index contributed by atoms with van der Waals surface area (Å²) < 4.78 is 0. The first kappa shape index (κ1) is 14.0. The van der Waals surface area contributed by atoms with Crippen LogP contribution in [0, 0.1) is 0 Å². The Morgan fingerprint density at radius 1 is 1.08 bits per heavy atom. The third kappa shape index (κ3) is 7.57. The predicted molar refractivity (Wildman–Crippen MR) is 37.2 cm³/mol. The Morgan fingerprint density at radius 3 is 1.92 bits per heavy atom. The van der Waals surface area contributed by atoms with Crippen LogP contribution in [0.25, 0.3) is 0 Å². The fourth-order valence-corrected chi connectivity index (χ4v) is 0.576. The number of ketones is 2. The van der Waals surface area contributed by atoms with Crippen molar-refractivity contribution in [2.75, 3.05) is 0 Å². The van der Waals surface area contributed by atoms with E-state index in [-0.39, 0.29) is 38.7 Å². The van der Waals surface area contributed by atoms with Crippen molar-refractivity contribution in [1.82, 2.24) is 0 Å². The SMILES string of the molecule is CCC(=O)CC(=O)CC(=O)O.[Ir]. The molecular formula is C7H10IrO4. The molecule has 5 heteroatoms. The second kappa shape index (κ2) is 7.13. The van der Waals surface area contributed by atoms with Crippen molar-refractivity contribution in [3.63, 3.8) is 0 Å². The number of carboxylic acids is 1. The maximum Gasteiger partial charge on any atom is 0.310 e. The van der Waals surface area contributed by atoms with E-state index in [1.165, 1.54) is 0 Å². The Balaban J connectivity index is 0. The third-order valence-electron chi connectivity index (χ3n) is 1.14. The monoisotopic (exact) mass is 351 g/mol. The number of aliphatic carboxylic acids is 1. The van der Waals surface area contributed by atoms with Crippen molar-refractivity contribution in [3.8, 4) is 0 Å². The van der Waals surface area contributed by atoms with Crippen LogP contribution in [0.2, 0.25) is 0 Å². The molecule has 0 aliphatic rings. The van der Waals surface area contributed by atoms with Crippen LogP contribution in [0.5, 0.6) is 0 Å². The molecule has 0 aliphatic carbocycles. The number of carbonyl (C=O) groups excluding carboxylic acids is 2.